The zero-order chi connectivity index (χ0) is 38.4. The first kappa shape index (κ1) is 36.8. The number of nitrogens with one attached hydrogen (secondary N) is 2. The van der Waals surface area contributed by atoms with Gasteiger partial charge in [-0.15, -0.1) is 0 Å². The Morgan fingerprint density at radius 1 is 0.556 bits per heavy atom. The van der Waals surface area contributed by atoms with Gasteiger partial charge in [0.2, 0.25) is 0 Å². The van der Waals surface area contributed by atoms with E-state index in [1.54, 1.807) is 30.3 Å². The third kappa shape index (κ3) is 7.77. The van der Waals surface area contributed by atoms with Gasteiger partial charge in [-0.05, 0) is 73.7 Å². The minimum atomic E-state index is -3.56. The van der Waals surface area contributed by atoms with Crippen LogP contribution in [0.25, 0.3) is 0 Å². The molecule has 270 valence electrons. The number of amides is 2. The largest absolute Gasteiger partial charge is 0.478 e. The van der Waals surface area contributed by atoms with Crippen LogP contribution in [0.15, 0.2) is 140 Å². The summed E-state index contributed by atoms with van der Waals surface area (Å²) in [5.74, 6) is -3.10. The molecule has 2 amide bonds. The lowest BCUT2D eigenvalue weighted by molar-refractivity contribution is 0.0689. The van der Waals surface area contributed by atoms with E-state index in [4.69, 9.17) is 9.47 Å². The van der Waals surface area contributed by atoms with E-state index < -0.39 is 47.6 Å². The Hall–Kier alpha value is -6.97. The van der Waals surface area contributed by atoms with Crippen LogP contribution in [-0.2, 0) is 4.57 Å². The van der Waals surface area contributed by atoms with Crippen molar-refractivity contribution in [3.05, 3.63) is 167 Å². The van der Waals surface area contributed by atoms with Gasteiger partial charge >= 0.3 is 11.9 Å². The third-order valence-corrected chi connectivity index (χ3v) is 11.5. The zero-order valence-electron chi connectivity index (χ0n) is 29.0. The minimum absolute atomic E-state index is 0.244. The molecule has 0 fully saturated rings. The molecule has 54 heavy (non-hydrogen) atoms. The average Bonchev–Trinajstić information content (AvgIpc) is 3.19. The van der Waals surface area contributed by atoms with Crippen LogP contribution in [-0.4, -0.2) is 41.0 Å². The summed E-state index contributed by atoms with van der Waals surface area (Å²) in [6, 6.07) is 38.8. The normalized spacial score (nSPS) is 10.9. The number of rotatable bonds is 12. The first-order valence-corrected chi connectivity index (χ1v) is 18.2. The van der Waals surface area contributed by atoms with E-state index in [0.29, 0.717) is 38.9 Å². The smallest absolute Gasteiger partial charge is 0.336 e. The number of carbonyl (C=O) groups is 4. The highest BCUT2D eigenvalue weighted by Gasteiger charge is 2.34. The number of aromatic carboxylic acids is 2. The lowest BCUT2D eigenvalue weighted by Crippen LogP contribution is -2.26. The molecule has 11 nitrogen and oxygen atoms in total. The molecule has 0 radical (unpaired) electrons. The topological polar surface area (TPSA) is 168 Å². The maximum absolute atomic E-state index is 15.5. The molecule has 6 aromatic rings. The van der Waals surface area contributed by atoms with Gasteiger partial charge in [0.25, 0.3) is 11.8 Å². The maximum atomic E-state index is 15.5. The van der Waals surface area contributed by atoms with Crippen LogP contribution >= 0.6 is 7.14 Å². The van der Waals surface area contributed by atoms with E-state index in [1.165, 1.54) is 19.2 Å². The number of ether oxygens (including phenoxy) is 2. The number of hydrogen-bond acceptors (Lipinski definition) is 7. The molecule has 0 aliphatic heterocycles. The second-order valence-corrected chi connectivity index (χ2v) is 14.8. The minimum Gasteiger partial charge on any atom is -0.478 e. The molecule has 0 unspecified atom stereocenters. The highest BCUT2D eigenvalue weighted by molar-refractivity contribution is 7.85. The molecule has 0 saturated carbocycles. The van der Waals surface area contributed by atoms with Crippen molar-refractivity contribution in [3.63, 3.8) is 0 Å². The summed E-state index contributed by atoms with van der Waals surface area (Å²) in [6.07, 6.45) is 0. The van der Waals surface area contributed by atoms with Crippen LogP contribution < -0.4 is 36.0 Å². The quantitative estimate of drug-likeness (QED) is 0.0947. The molecule has 0 spiro atoms. The molecule has 0 bridgehead atoms. The molecule has 0 aliphatic rings. The Bertz CT molecular complexity index is 2370. The number of anilines is 1. The summed E-state index contributed by atoms with van der Waals surface area (Å²) in [5.41, 5.74) is -0.637. The highest BCUT2D eigenvalue weighted by atomic mass is 31.2. The molecular weight excluding hydrogens is 707 g/mol. The van der Waals surface area contributed by atoms with E-state index in [2.05, 4.69) is 10.6 Å². The summed E-state index contributed by atoms with van der Waals surface area (Å²) in [7, 11) is -2.29. The van der Waals surface area contributed by atoms with Gasteiger partial charge in [0, 0.05) is 23.3 Å². The molecule has 0 aliphatic carbocycles. The number of aryl methyl sites for hydroxylation is 1. The predicted molar refractivity (Wildman–Crippen MR) is 205 cm³/mol. The number of carboxylic acids is 2. The van der Waals surface area contributed by atoms with Crippen LogP contribution in [0.5, 0.6) is 23.0 Å². The van der Waals surface area contributed by atoms with Gasteiger partial charge in [-0.3, -0.25) is 9.59 Å². The van der Waals surface area contributed by atoms with E-state index >= 15 is 4.57 Å². The fourth-order valence-electron chi connectivity index (χ4n) is 5.73. The van der Waals surface area contributed by atoms with E-state index in [0.717, 1.165) is 17.7 Å². The number of carbonyl (C=O) groups excluding carboxylic acids is 2. The summed E-state index contributed by atoms with van der Waals surface area (Å²) in [6.45, 7) is 1.98. The third-order valence-electron chi connectivity index (χ3n) is 8.44. The Labute approximate surface area is 310 Å². The average molecular weight is 741 g/mol. The molecule has 12 heteroatoms. The summed E-state index contributed by atoms with van der Waals surface area (Å²) < 4.78 is 28.1. The zero-order valence-corrected chi connectivity index (χ0v) is 29.9. The van der Waals surface area contributed by atoms with Crippen LogP contribution in [0.1, 0.15) is 47.0 Å². The first-order valence-electron chi connectivity index (χ1n) is 16.5. The SMILES string of the molecule is CNC(=O)c1cc(C(=O)Nc2ccc(Oc3ccc(Oc4ccc(C)cc4)cc3P(=O)(c3ccccc3)c3ccccc3)cc2)c(C(=O)O)cc1C(=O)O. The number of benzene rings is 6. The van der Waals surface area contributed by atoms with Crippen molar-refractivity contribution in [1.29, 1.82) is 0 Å². The van der Waals surface area contributed by atoms with Crippen molar-refractivity contribution >= 4 is 52.5 Å². The Morgan fingerprint density at radius 3 is 1.57 bits per heavy atom. The van der Waals surface area contributed by atoms with Gasteiger partial charge in [-0.2, -0.15) is 0 Å². The van der Waals surface area contributed by atoms with Crippen LogP contribution in [0.3, 0.4) is 0 Å². The molecule has 6 rings (SSSR count). The molecule has 0 atom stereocenters. The van der Waals surface area contributed by atoms with Gasteiger partial charge in [0.05, 0.1) is 27.6 Å². The van der Waals surface area contributed by atoms with Gasteiger partial charge in [-0.25, -0.2) is 9.59 Å². The standard InChI is InChI=1S/C42H33N2O9P/c1-26-13-17-28(18-14-26)52-30-21-22-37(38(23-30)54(51,31-9-5-3-6-10-31)32-11-7-4-8-12-32)53-29-19-15-27(16-20-29)44-40(46)34-24-33(39(45)43-2)35(41(47)48)25-36(34)42(49)50/h3-25H,1-2H3,(H,43,45)(H,44,46)(H,47,48)(H,49,50). The van der Waals surface area contributed by atoms with Crippen molar-refractivity contribution in [2.45, 2.75) is 6.92 Å². The number of hydrogen-bond donors (Lipinski definition) is 4. The van der Waals surface area contributed by atoms with E-state index in [9.17, 15) is 29.4 Å². The molecule has 0 aromatic heterocycles. The lowest BCUT2D eigenvalue weighted by Gasteiger charge is -2.23. The van der Waals surface area contributed by atoms with Crippen LogP contribution in [0.4, 0.5) is 5.69 Å². The highest BCUT2D eigenvalue weighted by Crippen LogP contribution is 2.47. The van der Waals surface area contributed by atoms with Gasteiger partial charge in [-0.1, -0.05) is 78.4 Å². The second kappa shape index (κ2) is 15.7. The van der Waals surface area contributed by atoms with Crippen LogP contribution in [0.2, 0.25) is 0 Å². The summed E-state index contributed by atoms with van der Waals surface area (Å²) >= 11 is 0. The molecule has 0 saturated heterocycles. The maximum Gasteiger partial charge on any atom is 0.336 e. The Balaban J connectivity index is 1.35. The van der Waals surface area contributed by atoms with Crippen molar-refractivity contribution in [1.82, 2.24) is 5.32 Å². The van der Waals surface area contributed by atoms with E-state index in [-0.39, 0.29) is 11.3 Å². The van der Waals surface area contributed by atoms with Gasteiger partial charge < -0.3 is 34.9 Å². The number of carboxylic acid groups (broad SMARTS) is 2. The van der Waals surface area contributed by atoms with Gasteiger partial charge in [0.1, 0.15) is 23.0 Å². The molecule has 0 heterocycles. The Morgan fingerprint density at radius 2 is 1.04 bits per heavy atom. The Kier molecular flexibility index (Phi) is 10.7. The van der Waals surface area contributed by atoms with Gasteiger partial charge in [0.15, 0.2) is 7.14 Å². The lowest BCUT2D eigenvalue weighted by atomic mass is 9.97. The van der Waals surface area contributed by atoms with Crippen molar-refractivity contribution in [2.75, 3.05) is 12.4 Å². The van der Waals surface area contributed by atoms with E-state index in [1.807, 2.05) is 91.9 Å². The molecule has 4 N–H and O–H groups in total. The van der Waals surface area contributed by atoms with Crippen molar-refractivity contribution < 1.29 is 43.4 Å². The predicted octanol–water partition coefficient (Wildman–Crippen LogP) is 7.23. The second-order valence-electron chi connectivity index (χ2n) is 12.0. The summed E-state index contributed by atoms with van der Waals surface area (Å²) in [4.78, 5) is 49.5. The monoisotopic (exact) mass is 740 g/mol. The summed E-state index contributed by atoms with van der Waals surface area (Å²) in [5, 5.41) is 25.8. The fraction of sp³-hybridized carbons (Fsp3) is 0.0476. The fourth-order valence-corrected chi connectivity index (χ4v) is 8.51. The molecule has 6 aromatic carbocycles. The van der Waals surface area contributed by atoms with Crippen LogP contribution in [0, 0.1) is 6.92 Å². The first-order chi connectivity index (χ1) is 26.0. The van der Waals surface area contributed by atoms with Crippen molar-refractivity contribution in [2.24, 2.45) is 0 Å². The molecular formula is C42H33N2O9P. The van der Waals surface area contributed by atoms with Crippen molar-refractivity contribution in [3.8, 4) is 23.0 Å².